The molecule has 0 fully saturated rings. The van der Waals surface area contributed by atoms with Gasteiger partial charge in [-0.3, -0.25) is 0 Å². The van der Waals surface area contributed by atoms with E-state index in [1.165, 1.54) is 0 Å². The van der Waals surface area contributed by atoms with Gasteiger partial charge in [-0.1, -0.05) is 25.1 Å². The van der Waals surface area contributed by atoms with Crippen molar-refractivity contribution in [2.45, 2.75) is 19.9 Å². The molecular formula is C21H21N3O3. The fraction of sp³-hybridized carbons (Fsp3) is 0.238. The fourth-order valence-corrected chi connectivity index (χ4v) is 3.20. The SMILES string of the molecule is CCc1nnc(-c2cc3ccccc3n2Cc2cc(OC)cc(OC)c2)o1. The van der Waals surface area contributed by atoms with Crippen molar-refractivity contribution in [3.63, 3.8) is 0 Å². The van der Waals surface area contributed by atoms with Crippen LogP contribution in [0.5, 0.6) is 11.5 Å². The molecule has 6 nitrogen and oxygen atoms in total. The largest absolute Gasteiger partial charge is 0.497 e. The lowest BCUT2D eigenvalue weighted by molar-refractivity contribution is 0.393. The zero-order valence-electron chi connectivity index (χ0n) is 15.6. The Morgan fingerprint density at radius 2 is 1.70 bits per heavy atom. The van der Waals surface area contributed by atoms with Crippen molar-refractivity contribution in [2.24, 2.45) is 0 Å². The maximum absolute atomic E-state index is 5.82. The third-order valence-corrected chi connectivity index (χ3v) is 4.55. The normalized spacial score (nSPS) is 11.1. The van der Waals surface area contributed by atoms with E-state index in [0.29, 0.717) is 24.7 Å². The first-order valence-electron chi connectivity index (χ1n) is 8.84. The maximum atomic E-state index is 5.82. The molecule has 0 N–H and O–H groups in total. The molecule has 0 unspecified atom stereocenters. The maximum Gasteiger partial charge on any atom is 0.264 e. The summed E-state index contributed by atoms with van der Waals surface area (Å²) in [6.45, 7) is 2.62. The molecule has 0 aliphatic rings. The molecule has 0 saturated carbocycles. The number of hydrogen-bond acceptors (Lipinski definition) is 5. The van der Waals surface area contributed by atoms with E-state index in [0.717, 1.165) is 33.7 Å². The number of rotatable bonds is 6. The minimum absolute atomic E-state index is 0.526. The molecule has 138 valence electrons. The second-order valence-corrected chi connectivity index (χ2v) is 6.25. The van der Waals surface area contributed by atoms with Crippen LogP contribution in [0.15, 0.2) is 52.9 Å². The predicted octanol–water partition coefficient (Wildman–Crippen LogP) is 4.32. The summed E-state index contributed by atoms with van der Waals surface area (Å²) in [5.74, 6) is 2.67. The van der Waals surface area contributed by atoms with Crippen LogP contribution >= 0.6 is 0 Å². The highest BCUT2D eigenvalue weighted by molar-refractivity contribution is 5.85. The number of hydrogen-bond donors (Lipinski definition) is 0. The zero-order valence-corrected chi connectivity index (χ0v) is 15.6. The van der Waals surface area contributed by atoms with E-state index in [4.69, 9.17) is 13.9 Å². The number of nitrogens with zero attached hydrogens (tertiary/aromatic N) is 3. The monoisotopic (exact) mass is 363 g/mol. The van der Waals surface area contributed by atoms with Gasteiger partial charge in [-0.25, -0.2) is 0 Å². The van der Waals surface area contributed by atoms with Crippen molar-refractivity contribution in [3.05, 3.63) is 60.0 Å². The van der Waals surface area contributed by atoms with Crippen LogP contribution in [0.2, 0.25) is 0 Å². The second kappa shape index (κ2) is 7.15. The Hall–Kier alpha value is -3.28. The second-order valence-electron chi connectivity index (χ2n) is 6.25. The number of aromatic nitrogens is 3. The molecule has 6 heteroatoms. The number of para-hydroxylation sites is 1. The van der Waals surface area contributed by atoms with Crippen molar-refractivity contribution in [2.75, 3.05) is 14.2 Å². The highest BCUT2D eigenvalue weighted by Gasteiger charge is 2.17. The minimum Gasteiger partial charge on any atom is -0.497 e. The Labute approximate surface area is 157 Å². The molecule has 4 aromatic rings. The summed E-state index contributed by atoms with van der Waals surface area (Å²) >= 11 is 0. The van der Waals surface area contributed by atoms with Crippen LogP contribution in [-0.2, 0) is 13.0 Å². The number of benzene rings is 2. The van der Waals surface area contributed by atoms with E-state index in [9.17, 15) is 0 Å². The quantitative estimate of drug-likeness (QED) is 0.510. The summed E-state index contributed by atoms with van der Waals surface area (Å²) in [5, 5.41) is 9.47. The summed E-state index contributed by atoms with van der Waals surface area (Å²) in [7, 11) is 3.31. The highest BCUT2D eigenvalue weighted by Crippen LogP contribution is 2.30. The molecule has 0 spiro atoms. The van der Waals surface area contributed by atoms with E-state index < -0.39 is 0 Å². The zero-order chi connectivity index (χ0) is 18.8. The Morgan fingerprint density at radius 3 is 2.37 bits per heavy atom. The third kappa shape index (κ3) is 3.26. The van der Waals surface area contributed by atoms with E-state index >= 15 is 0 Å². The predicted molar refractivity (Wildman–Crippen MR) is 103 cm³/mol. The van der Waals surface area contributed by atoms with E-state index in [1.54, 1.807) is 14.2 Å². The van der Waals surface area contributed by atoms with E-state index in [1.807, 2.05) is 37.3 Å². The minimum atomic E-state index is 0.526. The molecule has 0 aliphatic carbocycles. The fourth-order valence-electron chi connectivity index (χ4n) is 3.20. The van der Waals surface area contributed by atoms with Gasteiger partial charge in [0.2, 0.25) is 5.89 Å². The van der Waals surface area contributed by atoms with Gasteiger partial charge in [0.15, 0.2) is 0 Å². The Balaban J connectivity index is 1.84. The van der Waals surface area contributed by atoms with Gasteiger partial charge < -0.3 is 18.5 Å². The number of fused-ring (bicyclic) bond motifs is 1. The standard InChI is InChI=1S/C21H21N3O3/c1-4-20-22-23-21(27-20)19-11-15-7-5-6-8-18(15)24(19)13-14-9-16(25-2)12-17(10-14)26-3/h5-12H,4,13H2,1-3H3. The van der Waals surface area contributed by atoms with Crippen molar-refractivity contribution in [3.8, 4) is 23.1 Å². The van der Waals surface area contributed by atoms with Crippen molar-refractivity contribution in [1.82, 2.24) is 14.8 Å². The lowest BCUT2D eigenvalue weighted by Crippen LogP contribution is -2.03. The summed E-state index contributed by atoms with van der Waals surface area (Å²) in [5.41, 5.74) is 3.06. The van der Waals surface area contributed by atoms with Crippen molar-refractivity contribution in [1.29, 1.82) is 0 Å². The van der Waals surface area contributed by atoms with Gasteiger partial charge in [0.05, 0.1) is 14.2 Å². The molecular weight excluding hydrogens is 342 g/mol. The number of aryl methyl sites for hydroxylation is 1. The molecule has 4 rings (SSSR count). The van der Waals surface area contributed by atoms with Crippen LogP contribution in [0.4, 0.5) is 0 Å². The lowest BCUT2D eigenvalue weighted by atomic mass is 10.2. The van der Waals surface area contributed by atoms with Crippen LogP contribution in [-0.4, -0.2) is 29.0 Å². The van der Waals surface area contributed by atoms with E-state index in [2.05, 4.69) is 33.0 Å². The molecule has 0 saturated heterocycles. The van der Waals surface area contributed by atoms with Crippen LogP contribution < -0.4 is 9.47 Å². The van der Waals surface area contributed by atoms with Crippen LogP contribution in [0, 0.1) is 0 Å². The average molecular weight is 363 g/mol. The first-order valence-corrected chi connectivity index (χ1v) is 8.84. The number of methoxy groups -OCH3 is 2. The Kier molecular flexibility index (Phi) is 4.54. The van der Waals surface area contributed by atoms with Crippen molar-refractivity contribution >= 4 is 10.9 Å². The van der Waals surface area contributed by atoms with E-state index in [-0.39, 0.29) is 0 Å². The van der Waals surface area contributed by atoms with Crippen molar-refractivity contribution < 1.29 is 13.9 Å². The summed E-state index contributed by atoms with van der Waals surface area (Å²) in [6.07, 6.45) is 0.709. The molecule has 0 bridgehead atoms. The van der Waals surface area contributed by atoms with Gasteiger partial charge in [0.1, 0.15) is 17.2 Å². The molecule has 0 radical (unpaired) electrons. The molecule has 2 aromatic carbocycles. The molecule has 27 heavy (non-hydrogen) atoms. The third-order valence-electron chi connectivity index (χ3n) is 4.55. The highest BCUT2D eigenvalue weighted by atomic mass is 16.5. The smallest absolute Gasteiger partial charge is 0.264 e. The van der Waals surface area contributed by atoms with Gasteiger partial charge in [0, 0.05) is 29.9 Å². The van der Waals surface area contributed by atoms with Gasteiger partial charge in [-0.2, -0.15) is 0 Å². The molecule has 0 amide bonds. The summed E-state index contributed by atoms with van der Waals surface area (Å²) in [6, 6.07) is 16.2. The summed E-state index contributed by atoms with van der Waals surface area (Å²) in [4.78, 5) is 0. The summed E-state index contributed by atoms with van der Waals surface area (Å²) < 4.78 is 18.8. The Morgan fingerprint density at radius 1 is 0.963 bits per heavy atom. The molecule has 2 heterocycles. The lowest BCUT2D eigenvalue weighted by Gasteiger charge is -2.12. The topological polar surface area (TPSA) is 62.3 Å². The first-order chi connectivity index (χ1) is 13.2. The van der Waals surface area contributed by atoms with Gasteiger partial charge in [-0.15, -0.1) is 10.2 Å². The van der Waals surface area contributed by atoms with Crippen LogP contribution in [0.3, 0.4) is 0 Å². The van der Waals surface area contributed by atoms with Gasteiger partial charge >= 0.3 is 0 Å². The first kappa shape index (κ1) is 17.1. The van der Waals surface area contributed by atoms with Crippen LogP contribution in [0.25, 0.3) is 22.5 Å². The average Bonchev–Trinajstić information content (AvgIpc) is 3.32. The number of ether oxygens (including phenoxy) is 2. The molecule has 0 atom stereocenters. The molecule has 0 aliphatic heterocycles. The van der Waals surface area contributed by atoms with Gasteiger partial charge in [-0.05, 0) is 29.8 Å². The molecule has 2 aromatic heterocycles. The van der Waals surface area contributed by atoms with Gasteiger partial charge in [0.25, 0.3) is 5.89 Å². The Bertz CT molecular complexity index is 1060. The van der Waals surface area contributed by atoms with Crippen LogP contribution in [0.1, 0.15) is 18.4 Å².